The van der Waals surface area contributed by atoms with E-state index in [1.165, 1.54) is 30.5 Å². The number of allylic oxidation sites excluding steroid dienone is 2. The number of anilines is 1. The summed E-state index contributed by atoms with van der Waals surface area (Å²) in [5.74, 6) is -1.65. The Kier molecular flexibility index (Phi) is 3.52. The van der Waals surface area contributed by atoms with Gasteiger partial charge < -0.3 is 9.15 Å². The van der Waals surface area contributed by atoms with Crippen molar-refractivity contribution in [1.82, 2.24) is 0 Å². The van der Waals surface area contributed by atoms with Crippen LogP contribution >= 0.6 is 11.6 Å². The predicted molar refractivity (Wildman–Crippen MR) is 95.3 cm³/mol. The molecule has 2 aliphatic carbocycles. The Morgan fingerprint density at radius 1 is 1.11 bits per heavy atom. The van der Waals surface area contributed by atoms with E-state index in [9.17, 15) is 14.4 Å². The molecule has 0 spiro atoms. The minimum absolute atomic E-state index is 0.0223. The van der Waals surface area contributed by atoms with Crippen LogP contribution in [0.3, 0.4) is 0 Å². The fourth-order valence-corrected chi connectivity index (χ4v) is 4.60. The molecule has 0 N–H and O–H groups in total. The molecule has 27 heavy (non-hydrogen) atoms. The third-order valence-electron chi connectivity index (χ3n) is 5.56. The van der Waals surface area contributed by atoms with E-state index in [-0.39, 0.29) is 52.7 Å². The van der Waals surface area contributed by atoms with E-state index in [2.05, 4.69) is 0 Å². The van der Waals surface area contributed by atoms with Gasteiger partial charge in [-0.2, -0.15) is 0 Å². The van der Waals surface area contributed by atoms with Crippen LogP contribution < -0.4 is 9.64 Å². The molecule has 136 valence electrons. The standard InChI is InChI=1S/C20H14ClNO5/c21-12-5-6-14(27-20(25)15-2-1-7-26-15)13(9-12)22-18(23)16-10-3-4-11(8-10)17(16)19(22)24/h1-7,9-11,16-17H,8H2/t10-,11-,16+,17+/m0/s1. The van der Waals surface area contributed by atoms with Crippen molar-refractivity contribution in [1.29, 1.82) is 0 Å². The van der Waals surface area contributed by atoms with Crippen LogP contribution in [-0.4, -0.2) is 17.8 Å². The number of benzene rings is 1. The molecule has 6 nitrogen and oxygen atoms in total. The second-order valence-electron chi connectivity index (χ2n) is 6.99. The molecule has 1 saturated heterocycles. The molecule has 1 aromatic heterocycles. The molecule has 0 unspecified atom stereocenters. The number of carbonyl (C=O) groups is 3. The quantitative estimate of drug-likeness (QED) is 0.351. The Bertz CT molecular complexity index is 966. The molecule has 2 fully saturated rings. The first-order valence-electron chi connectivity index (χ1n) is 8.66. The summed E-state index contributed by atoms with van der Waals surface area (Å²) in [5.41, 5.74) is 0.186. The maximum atomic E-state index is 13.0. The van der Waals surface area contributed by atoms with Gasteiger partial charge in [0.15, 0.2) is 5.75 Å². The smallest absolute Gasteiger partial charge is 0.379 e. The lowest BCUT2D eigenvalue weighted by Gasteiger charge is -2.20. The highest BCUT2D eigenvalue weighted by Gasteiger charge is 2.60. The topological polar surface area (TPSA) is 76.8 Å². The first kappa shape index (κ1) is 16.3. The fraction of sp³-hybridized carbons (Fsp3) is 0.250. The number of fused-ring (bicyclic) bond motifs is 5. The highest BCUT2D eigenvalue weighted by molar-refractivity contribution is 6.31. The summed E-state index contributed by atoms with van der Waals surface area (Å²) in [7, 11) is 0. The zero-order chi connectivity index (χ0) is 18.7. The molecule has 2 aromatic rings. The Labute approximate surface area is 159 Å². The van der Waals surface area contributed by atoms with Crippen molar-refractivity contribution in [3.05, 3.63) is 59.5 Å². The number of rotatable bonds is 3. The number of carbonyl (C=O) groups excluding carboxylic acids is 3. The molecule has 2 bridgehead atoms. The van der Waals surface area contributed by atoms with E-state index in [0.717, 1.165) is 11.3 Å². The van der Waals surface area contributed by atoms with Crippen LogP contribution in [0.2, 0.25) is 5.02 Å². The largest absolute Gasteiger partial charge is 0.457 e. The van der Waals surface area contributed by atoms with Crippen molar-refractivity contribution < 1.29 is 23.5 Å². The van der Waals surface area contributed by atoms with Crippen LogP contribution in [0.1, 0.15) is 17.0 Å². The molecule has 3 aliphatic rings. The predicted octanol–water partition coefficient (Wildman–Crippen LogP) is 3.46. The molecule has 4 atom stereocenters. The average Bonchev–Trinajstić information content (AvgIpc) is 3.42. The normalized spacial score (nSPS) is 28.1. The number of furan rings is 1. The van der Waals surface area contributed by atoms with E-state index in [1.54, 1.807) is 6.07 Å². The summed E-state index contributed by atoms with van der Waals surface area (Å²) < 4.78 is 10.4. The van der Waals surface area contributed by atoms with Crippen LogP contribution in [0, 0.1) is 23.7 Å². The fourth-order valence-electron chi connectivity index (χ4n) is 4.44. The molecule has 2 heterocycles. The van der Waals surface area contributed by atoms with Crippen LogP contribution in [-0.2, 0) is 9.59 Å². The van der Waals surface area contributed by atoms with Gasteiger partial charge in [0, 0.05) is 5.02 Å². The van der Waals surface area contributed by atoms with Crippen molar-refractivity contribution in [2.75, 3.05) is 4.90 Å². The summed E-state index contributed by atoms with van der Waals surface area (Å²) in [5, 5.41) is 0.335. The number of nitrogens with zero attached hydrogens (tertiary/aromatic N) is 1. The number of hydrogen-bond acceptors (Lipinski definition) is 5. The summed E-state index contributed by atoms with van der Waals surface area (Å²) in [4.78, 5) is 39.4. The van der Waals surface area contributed by atoms with Crippen LogP contribution in [0.4, 0.5) is 5.69 Å². The summed E-state index contributed by atoms with van der Waals surface area (Å²) in [6.45, 7) is 0. The third-order valence-corrected chi connectivity index (χ3v) is 5.79. The minimum Gasteiger partial charge on any atom is -0.457 e. The Morgan fingerprint density at radius 3 is 2.44 bits per heavy atom. The zero-order valence-corrected chi connectivity index (χ0v) is 14.8. The van der Waals surface area contributed by atoms with Gasteiger partial charge in [0.1, 0.15) is 0 Å². The van der Waals surface area contributed by atoms with Gasteiger partial charge in [0.25, 0.3) is 0 Å². The molecule has 5 rings (SSSR count). The van der Waals surface area contributed by atoms with E-state index in [4.69, 9.17) is 20.8 Å². The number of halogens is 1. The molecular formula is C20H14ClNO5. The van der Waals surface area contributed by atoms with E-state index >= 15 is 0 Å². The van der Waals surface area contributed by atoms with Crippen molar-refractivity contribution in [3.63, 3.8) is 0 Å². The molecule has 0 radical (unpaired) electrons. The molecule has 1 saturated carbocycles. The maximum Gasteiger partial charge on any atom is 0.379 e. The van der Waals surface area contributed by atoms with Crippen molar-refractivity contribution in [3.8, 4) is 5.75 Å². The van der Waals surface area contributed by atoms with Gasteiger partial charge in [0.2, 0.25) is 17.6 Å². The van der Waals surface area contributed by atoms with Gasteiger partial charge in [-0.1, -0.05) is 23.8 Å². The first-order chi connectivity index (χ1) is 13.0. The van der Waals surface area contributed by atoms with Gasteiger partial charge in [-0.25, -0.2) is 9.69 Å². The number of amides is 2. The molecule has 7 heteroatoms. The average molecular weight is 384 g/mol. The number of esters is 1. The Hall–Kier alpha value is -2.86. The van der Waals surface area contributed by atoms with Gasteiger partial charge in [-0.3, -0.25) is 9.59 Å². The second-order valence-corrected chi connectivity index (χ2v) is 7.43. The highest BCUT2D eigenvalue weighted by Crippen LogP contribution is 2.54. The highest BCUT2D eigenvalue weighted by atomic mass is 35.5. The van der Waals surface area contributed by atoms with Crippen LogP contribution in [0.5, 0.6) is 5.75 Å². The minimum atomic E-state index is -0.718. The summed E-state index contributed by atoms with van der Waals surface area (Å²) in [6.07, 6.45) is 6.25. The lowest BCUT2D eigenvalue weighted by Crippen LogP contribution is -2.33. The third kappa shape index (κ3) is 2.36. The zero-order valence-electron chi connectivity index (χ0n) is 14.0. The van der Waals surface area contributed by atoms with Crippen molar-refractivity contribution >= 4 is 35.1 Å². The number of hydrogen-bond donors (Lipinski definition) is 0. The molecule has 1 aliphatic heterocycles. The Morgan fingerprint density at radius 2 is 1.81 bits per heavy atom. The summed E-state index contributed by atoms with van der Waals surface area (Å²) >= 11 is 6.10. The van der Waals surface area contributed by atoms with Crippen LogP contribution in [0.25, 0.3) is 0 Å². The monoisotopic (exact) mass is 383 g/mol. The summed E-state index contributed by atoms with van der Waals surface area (Å²) in [6, 6.07) is 7.51. The second kappa shape index (κ2) is 5.82. The van der Waals surface area contributed by atoms with Crippen molar-refractivity contribution in [2.45, 2.75) is 6.42 Å². The number of imide groups is 1. The lowest BCUT2D eigenvalue weighted by atomic mass is 9.85. The maximum absolute atomic E-state index is 13.0. The molecular weight excluding hydrogens is 370 g/mol. The number of ether oxygens (including phenoxy) is 1. The molecule has 2 amide bonds. The van der Waals surface area contributed by atoms with Crippen molar-refractivity contribution in [2.24, 2.45) is 23.7 Å². The van der Waals surface area contributed by atoms with Crippen LogP contribution in [0.15, 0.2) is 53.2 Å². The Balaban J connectivity index is 1.52. The first-order valence-corrected chi connectivity index (χ1v) is 9.04. The van der Waals surface area contributed by atoms with Gasteiger partial charge in [-0.15, -0.1) is 0 Å². The van der Waals surface area contributed by atoms with Gasteiger partial charge >= 0.3 is 5.97 Å². The lowest BCUT2D eigenvalue weighted by molar-refractivity contribution is -0.123. The van der Waals surface area contributed by atoms with E-state index in [0.29, 0.717) is 5.02 Å². The van der Waals surface area contributed by atoms with E-state index < -0.39 is 5.97 Å². The SMILES string of the molecule is O=C(Oc1ccc(Cl)cc1N1C(=O)[C@H]2[C@H](C1=O)[C@H]1C=C[C@H]2C1)c1ccco1. The van der Waals surface area contributed by atoms with Gasteiger partial charge in [-0.05, 0) is 48.6 Å². The van der Waals surface area contributed by atoms with E-state index in [1.807, 2.05) is 12.2 Å². The molecule has 1 aromatic carbocycles. The van der Waals surface area contributed by atoms with Gasteiger partial charge in [0.05, 0.1) is 23.8 Å².